The summed E-state index contributed by atoms with van der Waals surface area (Å²) in [5, 5.41) is 2.79. The van der Waals surface area contributed by atoms with Crippen LogP contribution >= 0.6 is 7.60 Å². The molecule has 0 bridgehead atoms. The summed E-state index contributed by atoms with van der Waals surface area (Å²) in [5.41, 5.74) is 1.04. The molecular formula is C15H17FNO4P. The van der Waals surface area contributed by atoms with E-state index in [1.165, 1.54) is 19.2 Å². The Morgan fingerprint density at radius 3 is 2.45 bits per heavy atom. The van der Waals surface area contributed by atoms with E-state index in [0.29, 0.717) is 0 Å². The molecule has 2 aromatic rings. The predicted octanol–water partition coefficient (Wildman–Crippen LogP) is 2.80. The maximum Gasteiger partial charge on any atom is 0.346 e. The van der Waals surface area contributed by atoms with Gasteiger partial charge in [-0.3, -0.25) is 9.88 Å². The lowest BCUT2D eigenvalue weighted by molar-refractivity contribution is 0.346. The maximum absolute atomic E-state index is 13.8. The van der Waals surface area contributed by atoms with E-state index in [4.69, 9.17) is 4.74 Å². The molecule has 0 amide bonds. The summed E-state index contributed by atoms with van der Waals surface area (Å²) >= 11 is 0. The standard InChI is InChI=1S/C15H17FNO4P/c1-21-14-8-7-12(9-13(14)16)15(22(18,19)20)17-10-11-5-3-2-4-6-11/h2-9,15,17H,10H2,1H3,(H2,18,19,20)/t15-/m1/s1. The van der Waals surface area contributed by atoms with Crippen LogP contribution < -0.4 is 10.1 Å². The molecule has 0 aromatic heterocycles. The lowest BCUT2D eigenvalue weighted by Crippen LogP contribution is -2.21. The van der Waals surface area contributed by atoms with Crippen molar-refractivity contribution in [2.45, 2.75) is 12.3 Å². The molecule has 0 fully saturated rings. The van der Waals surface area contributed by atoms with Gasteiger partial charge in [-0.15, -0.1) is 0 Å². The van der Waals surface area contributed by atoms with E-state index in [-0.39, 0.29) is 17.9 Å². The van der Waals surface area contributed by atoms with Gasteiger partial charge in [0, 0.05) is 6.54 Å². The van der Waals surface area contributed by atoms with Gasteiger partial charge in [0.05, 0.1) is 7.11 Å². The van der Waals surface area contributed by atoms with Crippen LogP contribution in [-0.4, -0.2) is 16.9 Å². The lowest BCUT2D eigenvalue weighted by atomic mass is 10.2. The van der Waals surface area contributed by atoms with E-state index in [1.54, 1.807) is 0 Å². The smallest absolute Gasteiger partial charge is 0.346 e. The van der Waals surface area contributed by atoms with Gasteiger partial charge in [-0.25, -0.2) is 4.39 Å². The fraction of sp³-hybridized carbons (Fsp3) is 0.200. The van der Waals surface area contributed by atoms with E-state index >= 15 is 0 Å². The second-order valence-electron chi connectivity index (χ2n) is 4.75. The number of halogens is 1. The molecular weight excluding hydrogens is 308 g/mol. The highest BCUT2D eigenvalue weighted by molar-refractivity contribution is 7.52. The summed E-state index contributed by atoms with van der Waals surface area (Å²) in [4.78, 5) is 19.0. The molecule has 7 heteroatoms. The molecule has 2 aromatic carbocycles. The summed E-state index contributed by atoms with van der Waals surface area (Å²) in [6.07, 6.45) is 0. The van der Waals surface area contributed by atoms with Crippen molar-refractivity contribution >= 4 is 7.60 Å². The molecule has 2 rings (SSSR count). The van der Waals surface area contributed by atoms with Gasteiger partial charge in [0.1, 0.15) is 5.78 Å². The lowest BCUT2D eigenvalue weighted by Gasteiger charge is -2.21. The molecule has 0 aliphatic heterocycles. The van der Waals surface area contributed by atoms with Crippen LogP contribution in [0.5, 0.6) is 5.75 Å². The highest BCUT2D eigenvalue weighted by Gasteiger charge is 2.30. The molecule has 0 radical (unpaired) electrons. The van der Waals surface area contributed by atoms with Crippen molar-refractivity contribution in [1.82, 2.24) is 5.32 Å². The third-order valence-corrected chi connectivity index (χ3v) is 4.32. The third-order valence-electron chi connectivity index (χ3n) is 3.17. The molecule has 0 saturated heterocycles. The predicted molar refractivity (Wildman–Crippen MR) is 81.0 cm³/mol. The molecule has 0 saturated carbocycles. The molecule has 0 aliphatic rings. The number of nitrogens with one attached hydrogen (secondary N) is 1. The second kappa shape index (κ2) is 7.03. The average Bonchev–Trinajstić information content (AvgIpc) is 2.47. The van der Waals surface area contributed by atoms with E-state index in [2.05, 4.69) is 5.32 Å². The highest BCUT2D eigenvalue weighted by Crippen LogP contribution is 2.50. The molecule has 0 unspecified atom stereocenters. The number of methoxy groups -OCH3 is 1. The van der Waals surface area contributed by atoms with Crippen LogP contribution in [-0.2, 0) is 11.1 Å². The summed E-state index contributed by atoms with van der Waals surface area (Å²) in [6.45, 7) is 0.254. The second-order valence-corrected chi connectivity index (χ2v) is 6.45. The zero-order valence-electron chi connectivity index (χ0n) is 11.9. The number of hydrogen-bond acceptors (Lipinski definition) is 3. The van der Waals surface area contributed by atoms with Crippen LogP contribution in [0.4, 0.5) is 4.39 Å². The maximum atomic E-state index is 13.8. The molecule has 0 aliphatic carbocycles. The van der Waals surface area contributed by atoms with Gasteiger partial charge in [0.15, 0.2) is 11.6 Å². The van der Waals surface area contributed by atoms with Crippen molar-refractivity contribution in [3.63, 3.8) is 0 Å². The minimum atomic E-state index is -4.50. The Bertz CT molecular complexity index is 674. The fourth-order valence-electron chi connectivity index (χ4n) is 2.09. The van der Waals surface area contributed by atoms with Crippen LogP contribution in [0.2, 0.25) is 0 Å². The van der Waals surface area contributed by atoms with Gasteiger partial charge >= 0.3 is 7.60 Å². The Labute approximate surface area is 127 Å². The SMILES string of the molecule is COc1ccc([C@H](NCc2ccccc2)P(=O)(O)O)cc1F. The Morgan fingerprint density at radius 2 is 1.91 bits per heavy atom. The van der Waals surface area contributed by atoms with Gasteiger partial charge in [-0.2, -0.15) is 0 Å². The highest BCUT2D eigenvalue weighted by atomic mass is 31.2. The van der Waals surface area contributed by atoms with E-state index in [1.807, 2.05) is 30.3 Å². The van der Waals surface area contributed by atoms with Gasteiger partial charge in [-0.1, -0.05) is 36.4 Å². The van der Waals surface area contributed by atoms with Gasteiger partial charge < -0.3 is 14.5 Å². The Morgan fingerprint density at radius 1 is 1.23 bits per heavy atom. The van der Waals surface area contributed by atoms with Crippen molar-refractivity contribution < 1.29 is 23.5 Å². The summed E-state index contributed by atoms with van der Waals surface area (Å²) < 4.78 is 30.3. The molecule has 3 N–H and O–H groups in total. The van der Waals surface area contributed by atoms with Crippen molar-refractivity contribution in [1.29, 1.82) is 0 Å². The molecule has 0 spiro atoms. The zero-order chi connectivity index (χ0) is 16.2. The first-order valence-corrected chi connectivity index (χ1v) is 8.26. The first kappa shape index (κ1) is 16.6. The summed E-state index contributed by atoms with van der Waals surface area (Å²) in [7, 11) is -3.17. The normalized spacial score (nSPS) is 12.9. The van der Waals surface area contributed by atoms with Crippen molar-refractivity contribution in [2.75, 3.05) is 7.11 Å². The number of hydrogen-bond donors (Lipinski definition) is 3. The molecule has 118 valence electrons. The minimum absolute atomic E-state index is 0.0243. The third kappa shape index (κ3) is 4.15. The van der Waals surface area contributed by atoms with Crippen molar-refractivity contribution in [2.24, 2.45) is 0 Å². The van der Waals surface area contributed by atoms with Crippen LogP contribution in [0.3, 0.4) is 0 Å². The number of ether oxygens (including phenoxy) is 1. The van der Waals surface area contributed by atoms with E-state index < -0.39 is 19.2 Å². The van der Waals surface area contributed by atoms with Gasteiger partial charge in [0.2, 0.25) is 0 Å². The Kier molecular flexibility index (Phi) is 5.32. The number of benzene rings is 2. The van der Waals surface area contributed by atoms with E-state index in [0.717, 1.165) is 11.6 Å². The van der Waals surface area contributed by atoms with Crippen molar-refractivity contribution in [3.05, 3.63) is 65.5 Å². The summed E-state index contributed by atoms with van der Waals surface area (Å²) in [5.74, 6) is -1.93. The minimum Gasteiger partial charge on any atom is -0.494 e. The molecule has 0 heterocycles. The molecule has 1 atom stereocenters. The zero-order valence-corrected chi connectivity index (χ0v) is 12.8. The first-order chi connectivity index (χ1) is 10.4. The van der Waals surface area contributed by atoms with E-state index in [9.17, 15) is 18.7 Å². The Hall–Kier alpha value is -1.72. The summed E-state index contributed by atoms with van der Waals surface area (Å²) in [6, 6.07) is 13.0. The largest absolute Gasteiger partial charge is 0.494 e. The van der Waals surface area contributed by atoms with Crippen LogP contribution in [0, 0.1) is 5.82 Å². The first-order valence-electron chi connectivity index (χ1n) is 6.58. The van der Waals surface area contributed by atoms with Crippen LogP contribution in [0.25, 0.3) is 0 Å². The van der Waals surface area contributed by atoms with Crippen LogP contribution in [0.15, 0.2) is 48.5 Å². The topological polar surface area (TPSA) is 78.8 Å². The fourth-order valence-corrected chi connectivity index (χ4v) is 2.97. The molecule has 5 nitrogen and oxygen atoms in total. The average molecular weight is 325 g/mol. The number of rotatable bonds is 6. The van der Waals surface area contributed by atoms with Gasteiger partial charge in [-0.05, 0) is 23.3 Å². The quantitative estimate of drug-likeness (QED) is 0.712. The molecule has 22 heavy (non-hydrogen) atoms. The monoisotopic (exact) mass is 325 g/mol. The van der Waals surface area contributed by atoms with Gasteiger partial charge in [0.25, 0.3) is 0 Å². The van der Waals surface area contributed by atoms with Crippen molar-refractivity contribution in [3.8, 4) is 5.75 Å². The Balaban J connectivity index is 2.23. The van der Waals surface area contributed by atoms with Crippen LogP contribution in [0.1, 0.15) is 16.9 Å².